The van der Waals surface area contributed by atoms with E-state index in [0.29, 0.717) is 10.7 Å². The van der Waals surface area contributed by atoms with Gasteiger partial charge in [-0.15, -0.1) is 0 Å². The standard InChI is InChI=1S/C15H12ClN3O3S/c1-9-2-5-11(8-13(9)16)17-15(23)18-14(20)10-3-6-12(7-4-10)19(21)22/h2-8H,1H3,(H2,17,18,20,23). The first-order valence-electron chi connectivity index (χ1n) is 6.50. The van der Waals surface area contributed by atoms with Crippen LogP contribution in [-0.4, -0.2) is 15.9 Å². The lowest BCUT2D eigenvalue weighted by Crippen LogP contribution is -2.34. The number of benzene rings is 2. The third-order valence-electron chi connectivity index (χ3n) is 3.00. The molecule has 0 fully saturated rings. The molecule has 0 bridgehead atoms. The van der Waals surface area contributed by atoms with Crippen molar-refractivity contribution in [3.63, 3.8) is 0 Å². The molecule has 0 saturated carbocycles. The van der Waals surface area contributed by atoms with Crippen LogP contribution in [0.5, 0.6) is 0 Å². The molecular weight excluding hydrogens is 338 g/mol. The van der Waals surface area contributed by atoms with E-state index < -0.39 is 10.8 Å². The highest BCUT2D eigenvalue weighted by Gasteiger charge is 2.11. The molecule has 0 spiro atoms. The lowest BCUT2D eigenvalue weighted by atomic mass is 10.2. The molecule has 2 rings (SSSR count). The number of carbonyl (C=O) groups is 1. The first-order chi connectivity index (χ1) is 10.9. The van der Waals surface area contributed by atoms with Gasteiger partial charge in [0.1, 0.15) is 0 Å². The third-order valence-corrected chi connectivity index (χ3v) is 3.61. The van der Waals surface area contributed by atoms with E-state index in [1.807, 2.05) is 13.0 Å². The van der Waals surface area contributed by atoms with Gasteiger partial charge in [-0.25, -0.2) is 0 Å². The van der Waals surface area contributed by atoms with E-state index in [-0.39, 0.29) is 16.4 Å². The Bertz CT molecular complexity index is 778. The van der Waals surface area contributed by atoms with Gasteiger partial charge in [0.25, 0.3) is 11.6 Å². The summed E-state index contributed by atoms with van der Waals surface area (Å²) in [7, 11) is 0. The predicted molar refractivity (Wildman–Crippen MR) is 93.0 cm³/mol. The number of nitro groups is 1. The van der Waals surface area contributed by atoms with Crippen molar-refractivity contribution in [2.24, 2.45) is 0 Å². The topological polar surface area (TPSA) is 84.3 Å². The molecule has 2 aromatic carbocycles. The Kier molecular flexibility index (Phi) is 5.25. The average molecular weight is 350 g/mol. The fourth-order valence-corrected chi connectivity index (χ4v) is 2.13. The average Bonchev–Trinajstić information content (AvgIpc) is 2.51. The number of non-ortho nitro benzene ring substituents is 1. The molecule has 0 aliphatic rings. The minimum absolute atomic E-state index is 0.0865. The summed E-state index contributed by atoms with van der Waals surface area (Å²) in [4.78, 5) is 22.1. The monoisotopic (exact) mass is 349 g/mol. The van der Waals surface area contributed by atoms with E-state index in [0.717, 1.165) is 5.56 Å². The van der Waals surface area contributed by atoms with Crippen molar-refractivity contribution in [3.8, 4) is 0 Å². The molecule has 2 N–H and O–H groups in total. The van der Waals surface area contributed by atoms with E-state index in [9.17, 15) is 14.9 Å². The first kappa shape index (κ1) is 16.9. The maximum Gasteiger partial charge on any atom is 0.269 e. The smallest absolute Gasteiger partial charge is 0.269 e. The molecular formula is C15H12ClN3O3S. The van der Waals surface area contributed by atoms with Crippen LogP contribution in [0.3, 0.4) is 0 Å². The second kappa shape index (κ2) is 7.17. The zero-order valence-corrected chi connectivity index (χ0v) is 13.6. The van der Waals surface area contributed by atoms with Gasteiger partial charge in [0.15, 0.2) is 5.11 Å². The Morgan fingerprint density at radius 2 is 1.87 bits per heavy atom. The highest BCUT2D eigenvalue weighted by Crippen LogP contribution is 2.19. The number of thiocarbonyl (C=S) groups is 1. The fourth-order valence-electron chi connectivity index (χ4n) is 1.74. The largest absolute Gasteiger partial charge is 0.332 e. The van der Waals surface area contributed by atoms with Crippen molar-refractivity contribution in [2.45, 2.75) is 6.92 Å². The second-order valence-corrected chi connectivity index (χ2v) is 5.49. The number of nitrogens with zero attached hydrogens (tertiary/aromatic N) is 1. The van der Waals surface area contributed by atoms with Gasteiger partial charge in [-0.05, 0) is 49.0 Å². The van der Waals surface area contributed by atoms with Crippen molar-refractivity contribution >= 4 is 46.2 Å². The van der Waals surface area contributed by atoms with E-state index >= 15 is 0 Å². The van der Waals surface area contributed by atoms with E-state index in [4.69, 9.17) is 23.8 Å². The number of amides is 1. The molecule has 118 valence electrons. The SMILES string of the molecule is Cc1ccc(NC(=S)NC(=O)c2ccc([N+](=O)[O-])cc2)cc1Cl. The van der Waals surface area contributed by atoms with E-state index in [1.165, 1.54) is 24.3 Å². The van der Waals surface area contributed by atoms with Gasteiger partial charge >= 0.3 is 0 Å². The molecule has 6 nitrogen and oxygen atoms in total. The number of nitrogens with one attached hydrogen (secondary N) is 2. The van der Waals surface area contributed by atoms with Crippen LogP contribution in [-0.2, 0) is 0 Å². The fraction of sp³-hybridized carbons (Fsp3) is 0.0667. The minimum Gasteiger partial charge on any atom is -0.332 e. The normalized spacial score (nSPS) is 10.0. The highest BCUT2D eigenvalue weighted by molar-refractivity contribution is 7.80. The molecule has 0 unspecified atom stereocenters. The van der Waals surface area contributed by atoms with Gasteiger partial charge in [-0.1, -0.05) is 17.7 Å². The molecule has 0 saturated heterocycles. The Morgan fingerprint density at radius 3 is 2.43 bits per heavy atom. The predicted octanol–water partition coefficient (Wildman–Crippen LogP) is 3.68. The quantitative estimate of drug-likeness (QED) is 0.501. The van der Waals surface area contributed by atoms with Crippen molar-refractivity contribution in [1.29, 1.82) is 0 Å². The van der Waals surface area contributed by atoms with Crippen LogP contribution in [0.15, 0.2) is 42.5 Å². The molecule has 0 radical (unpaired) electrons. The summed E-state index contributed by atoms with van der Waals surface area (Å²) >= 11 is 11.1. The summed E-state index contributed by atoms with van der Waals surface area (Å²) in [5.74, 6) is -0.462. The number of carbonyl (C=O) groups excluding carboxylic acids is 1. The Morgan fingerprint density at radius 1 is 1.22 bits per heavy atom. The number of hydrogen-bond acceptors (Lipinski definition) is 4. The maximum absolute atomic E-state index is 12.0. The zero-order chi connectivity index (χ0) is 17.0. The Hall–Kier alpha value is -2.51. The number of halogens is 1. The highest BCUT2D eigenvalue weighted by atomic mass is 35.5. The summed E-state index contributed by atoms with van der Waals surface area (Å²) in [5.41, 5.74) is 1.76. The van der Waals surface area contributed by atoms with Crippen LogP contribution >= 0.6 is 23.8 Å². The van der Waals surface area contributed by atoms with E-state index in [2.05, 4.69) is 10.6 Å². The summed E-state index contributed by atoms with van der Waals surface area (Å²) in [6.07, 6.45) is 0. The van der Waals surface area contributed by atoms with Crippen molar-refractivity contribution in [2.75, 3.05) is 5.32 Å². The number of rotatable bonds is 3. The number of anilines is 1. The summed E-state index contributed by atoms with van der Waals surface area (Å²) in [6.45, 7) is 1.88. The van der Waals surface area contributed by atoms with Crippen molar-refractivity contribution in [1.82, 2.24) is 5.32 Å². The molecule has 0 heterocycles. The molecule has 0 aliphatic carbocycles. The van der Waals surface area contributed by atoms with Gasteiger partial charge in [0.2, 0.25) is 0 Å². The van der Waals surface area contributed by atoms with Crippen molar-refractivity contribution in [3.05, 3.63) is 68.7 Å². The molecule has 2 aromatic rings. The second-order valence-electron chi connectivity index (χ2n) is 4.68. The van der Waals surface area contributed by atoms with Gasteiger partial charge in [0.05, 0.1) is 4.92 Å². The van der Waals surface area contributed by atoms with E-state index in [1.54, 1.807) is 12.1 Å². The van der Waals surface area contributed by atoms with Crippen LogP contribution in [0.1, 0.15) is 15.9 Å². The summed E-state index contributed by atoms with van der Waals surface area (Å²) < 4.78 is 0. The number of hydrogen-bond donors (Lipinski definition) is 2. The Labute approximate surface area is 142 Å². The van der Waals surface area contributed by atoms with Gasteiger partial charge in [-0.3, -0.25) is 20.2 Å². The van der Waals surface area contributed by atoms with Gasteiger partial charge in [0, 0.05) is 28.4 Å². The Balaban J connectivity index is 2.00. The van der Waals surface area contributed by atoms with Gasteiger partial charge in [-0.2, -0.15) is 0 Å². The lowest BCUT2D eigenvalue weighted by molar-refractivity contribution is -0.384. The molecule has 8 heteroatoms. The van der Waals surface area contributed by atoms with Gasteiger partial charge < -0.3 is 5.32 Å². The summed E-state index contributed by atoms with van der Waals surface area (Å²) in [6, 6.07) is 10.5. The number of nitro benzene ring substituents is 1. The maximum atomic E-state index is 12.0. The van der Waals surface area contributed by atoms with Crippen LogP contribution < -0.4 is 10.6 Å². The molecule has 0 aromatic heterocycles. The third kappa shape index (κ3) is 4.48. The van der Waals surface area contributed by atoms with Crippen molar-refractivity contribution < 1.29 is 9.72 Å². The zero-order valence-electron chi connectivity index (χ0n) is 12.0. The lowest BCUT2D eigenvalue weighted by Gasteiger charge is -2.10. The van der Waals surface area contributed by atoms with Crippen LogP contribution in [0.2, 0.25) is 5.02 Å². The minimum atomic E-state index is -0.533. The van der Waals surface area contributed by atoms with Crippen LogP contribution in [0, 0.1) is 17.0 Å². The molecule has 1 amide bonds. The molecule has 0 atom stereocenters. The summed E-state index contributed by atoms with van der Waals surface area (Å²) in [5, 5.41) is 16.6. The molecule has 0 aliphatic heterocycles. The van der Waals surface area contributed by atoms with Crippen LogP contribution in [0.4, 0.5) is 11.4 Å². The van der Waals surface area contributed by atoms with Crippen LogP contribution in [0.25, 0.3) is 0 Å². The molecule has 23 heavy (non-hydrogen) atoms. The number of aryl methyl sites for hydroxylation is 1. The first-order valence-corrected chi connectivity index (χ1v) is 7.28.